The lowest BCUT2D eigenvalue weighted by molar-refractivity contribution is -0.130. The standard InChI is InChI=1S/C18H18BrFN2O/c19-15-6-4-14(5-7-15)12-18(23)22-10-8-21(9-11-22)17-3-1-2-16(20)13-17/h1-7,13H,8-12H2. The molecular weight excluding hydrogens is 359 g/mol. The number of hydrogen-bond donors (Lipinski definition) is 0. The second-order valence-corrected chi connectivity index (χ2v) is 6.57. The van der Waals surface area contributed by atoms with Gasteiger partial charge in [-0.25, -0.2) is 4.39 Å². The minimum atomic E-state index is -0.226. The summed E-state index contributed by atoms with van der Waals surface area (Å²) in [5.74, 6) is -0.0811. The van der Waals surface area contributed by atoms with Crippen molar-refractivity contribution in [3.05, 3.63) is 64.4 Å². The molecule has 0 N–H and O–H groups in total. The van der Waals surface area contributed by atoms with Crippen molar-refractivity contribution in [3.8, 4) is 0 Å². The van der Waals surface area contributed by atoms with Crippen LogP contribution in [0.15, 0.2) is 53.0 Å². The van der Waals surface area contributed by atoms with Crippen molar-refractivity contribution in [1.82, 2.24) is 4.90 Å². The Morgan fingerprint density at radius 2 is 1.74 bits per heavy atom. The molecule has 1 amide bonds. The molecule has 1 saturated heterocycles. The predicted octanol–water partition coefficient (Wildman–Crippen LogP) is 3.48. The predicted molar refractivity (Wildman–Crippen MR) is 93.0 cm³/mol. The highest BCUT2D eigenvalue weighted by molar-refractivity contribution is 9.10. The van der Waals surface area contributed by atoms with Crippen LogP contribution in [0.5, 0.6) is 0 Å². The average Bonchev–Trinajstić information content (AvgIpc) is 2.57. The summed E-state index contributed by atoms with van der Waals surface area (Å²) in [5.41, 5.74) is 1.90. The Bertz CT molecular complexity index is 682. The smallest absolute Gasteiger partial charge is 0.227 e. The number of carbonyl (C=O) groups excluding carboxylic acids is 1. The summed E-state index contributed by atoms with van der Waals surface area (Å²) in [5, 5.41) is 0. The third kappa shape index (κ3) is 4.10. The zero-order valence-electron chi connectivity index (χ0n) is 12.7. The molecule has 5 heteroatoms. The third-order valence-electron chi connectivity index (χ3n) is 4.07. The molecule has 2 aromatic carbocycles. The Kier molecular flexibility index (Phi) is 4.96. The highest BCUT2D eigenvalue weighted by atomic mass is 79.9. The number of rotatable bonds is 3. The second-order valence-electron chi connectivity index (χ2n) is 5.65. The first-order valence-electron chi connectivity index (χ1n) is 7.64. The van der Waals surface area contributed by atoms with Crippen LogP contribution in [0.1, 0.15) is 5.56 Å². The highest BCUT2D eigenvalue weighted by Crippen LogP contribution is 2.18. The van der Waals surface area contributed by atoms with Gasteiger partial charge < -0.3 is 9.80 Å². The van der Waals surface area contributed by atoms with Gasteiger partial charge in [0.1, 0.15) is 5.82 Å². The minimum absolute atomic E-state index is 0.145. The monoisotopic (exact) mass is 376 g/mol. The lowest BCUT2D eigenvalue weighted by Gasteiger charge is -2.36. The summed E-state index contributed by atoms with van der Waals surface area (Å²) in [7, 11) is 0. The molecule has 0 aromatic heterocycles. The topological polar surface area (TPSA) is 23.6 Å². The van der Waals surface area contributed by atoms with Crippen molar-refractivity contribution in [1.29, 1.82) is 0 Å². The molecule has 1 fully saturated rings. The van der Waals surface area contributed by atoms with Crippen LogP contribution >= 0.6 is 15.9 Å². The van der Waals surface area contributed by atoms with Crippen molar-refractivity contribution < 1.29 is 9.18 Å². The Morgan fingerprint density at radius 3 is 2.39 bits per heavy atom. The van der Waals surface area contributed by atoms with Crippen molar-refractivity contribution in [2.24, 2.45) is 0 Å². The van der Waals surface area contributed by atoms with Crippen LogP contribution < -0.4 is 4.90 Å². The van der Waals surface area contributed by atoms with Crippen molar-refractivity contribution in [2.75, 3.05) is 31.1 Å². The zero-order chi connectivity index (χ0) is 16.2. The lowest BCUT2D eigenvalue weighted by Crippen LogP contribution is -2.49. The van der Waals surface area contributed by atoms with E-state index in [1.165, 1.54) is 6.07 Å². The number of carbonyl (C=O) groups is 1. The van der Waals surface area contributed by atoms with Crippen LogP contribution in [0.4, 0.5) is 10.1 Å². The minimum Gasteiger partial charge on any atom is -0.368 e. The molecule has 1 aliphatic heterocycles. The van der Waals surface area contributed by atoms with E-state index in [9.17, 15) is 9.18 Å². The van der Waals surface area contributed by atoms with Gasteiger partial charge in [-0.1, -0.05) is 34.1 Å². The summed E-state index contributed by atoms with van der Waals surface area (Å²) < 4.78 is 14.3. The van der Waals surface area contributed by atoms with Gasteiger partial charge in [-0.15, -0.1) is 0 Å². The van der Waals surface area contributed by atoms with Gasteiger partial charge >= 0.3 is 0 Å². The van der Waals surface area contributed by atoms with E-state index in [4.69, 9.17) is 0 Å². The molecule has 120 valence electrons. The molecule has 23 heavy (non-hydrogen) atoms. The maximum absolute atomic E-state index is 13.3. The average molecular weight is 377 g/mol. The molecule has 0 bridgehead atoms. The van der Waals surface area contributed by atoms with Crippen LogP contribution in [0.2, 0.25) is 0 Å². The van der Waals surface area contributed by atoms with E-state index in [-0.39, 0.29) is 11.7 Å². The van der Waals surface area contributed by atoms with Gasteiger partial charge in [0, 0.05) is 36.3 Å². The number of amides is 1. The Hall–Kier alpha value is -1.88. The largest absolute Gasteiger partial charge is 0.368 e. The van der Waals surface area contributed by atoms with Gasteiger partial charge in [-0.3, -0.25) is 4.79 Å². The molecule has 3 nitrogen and oxygen atoms in total. The van der Waals surface area contributed by atoms with E-state index in [2.05, 4.69) is 20.8 Å². The van der Waals surface area contributed by atoms with Gasteiger partial charge in [0.15, 0.2) is 0 Å². The molecule has 1 aliphatic rings. The molecule has 0 unspecified atom stereocenters. The molecule has 0 radical (unpaired) electrons. The number of benzene rings is 2. The van der Waals surface area contributed by atoms with Gasteiger partial charge in [-0.05, 0) is 35.9 Å². The number of nitrogens with zero attached hydrogens (tertiary/aromatic N) is 2. The lowest BCUT2D eigenvalue weighted by atomic mass is 10.1. The molecule has 1 heterocycles. The Labute approximate surface area is 143 Å². The quantitative estimate of drug-likeness (QED) is 0.818. The van der Waals surface area contributed by atoms with Crippen molar-refractivity contribution in [2.45, 2.75) is 6.42 Å². The van der Waals surface area contributed by atoms with Crippen LogP contribution in [-0.2, 0) is 11.2 Å². The normalized spacial score (nSPS) is 14.9. The second kappa shape index (κ2) is 7.13. The number of piperazine rings is 1. The fraction of sp³-hybridized carbons (Fsp3) is 0.278. The zero-order valence-corrected chi connectivity index (χ0v) is 14.3. The molecule has 0 saturated carbocycles. The number of anilines is 1. The molecule has 3 rings (SSSR count). The van der Waals surface area contributed by atoms with Crippen LogP contribution in [-0.4, -0.2) is 37.0 Å². The molecule has 0 spiro atoms. The van der Waals surface area contributed by atoms with E-state index in [0.29, 0.717) is 19.5 Å². The van der Waals surface area contributed by atoms with Gasteiger partial charge in [-0.2, -0.15) is 0 Å². The molecule has 2 aromatic rings. The first-order chi connectivity index (χ1) is 11.1. The summed E-state index contributed by atoms with van der Waals surface area (Å²) in [6, 6.07) is 14.4. The number of hydrogen-bond acceptors (Lipinski definition) is 2. The Balaban J connectivity index is 1.56. The van der Waals surface area contributed by atoms with Gasteiger partial charge in [0.25, 0.3) is 0 Å². The molecule has 0 atom stereocenters. The number of halogens is 2. The Morgan fingerprint density at radius 1 is 1.04 bits per heavy atom. The fourth-order valence-corrected chi connectivity index (χ4v) is 3.04. The van der Waals surface area contributed by atoms with Crippen LogP contribution in [0.3, 0.4) is 0 Å². The van der Waals surface area contributed by atoms with Crippen LogP contribution in [0, 0.1) is 5.82 Å². The van der Waals surface area contributed by atoms with E-state index in [1.807, 2.05) is 35.2 Å². The van der Waals surface area contributed by atoms with E-state index >= 15 is 0 Å². The fourth-order valence-electron chi connectivity index (χ4n) is 2.78. The maximum atomic E-state index is 13.3. The summed E-state index contributed by atoms with van der Waals surface area (Å²) in [6.45, 7) is 2.81. The first kappa shape index (κ1) is 16.0. The van der Waals surface area contributed by atoms with E-state index < -0.39 is 0 Å². The highest BCUT2D eigenvalue weighted by Gasteiger charge is 2.21. The van der Waals surface area contributed by atoms with Crippen molar-refractivity contribution >= 4 is 27.5 Å². The van der Waals surface area contributed by atoms with Gasteiger partial charge in [0.2, 0.25) is 5.91 Å². The molecular formula is C18H18BrFN2O. The van der Waals surface area contributed by atoms with E-state index in [0.717, 1.165) is 28.8 Å². The van der Waals surface area contributed by atoms with E-state index in [1.54, 1.807) is 12.1 Å². The van der Waals surface area contributed by atoms with Crippen LogP contribution in [0.25, 0.3) is 0 Å². The molecule has 0 aliphatic carbocycles. The SMILES string of the molecule is O=C(Cc1ccc(Br)cc1)N1CCN(c2cccc(F)c2)CC1. The van der Waals surface area contributed by atoms with Gasteiger partial charge in [0.05, 0.1) is 6.42 Å². The third-order valence-corrected chi connectivity index (χ3v) is 4.60. The summed E-state index contributed by atoms with van der Waals surface area (Å²) >= 11 is 3.39. The first-order valence-corrected chi connectivity index (χ1v) is 8.44. The summed E-state index contributed by atoms with van der Waals surface area (Å²) in [4.78, 5) is 16.4. The maximum Gasteiger partial charge on any atom is 0.227 e. The summed E-state index contributed by atoms with van der Waals surface area (Å²) in [6.07, 6.45) is 0.424. The van der Waals surface area contributed by atoms with Crippen molar-refractivity contribution in [3.63, 3.8) is 0 Å².